The zero-order chi connectivity index (χ0) is 21.0. The van der Waals surface area contributed by atoms with Crippen LogP contribution in [0.15, 0.2) is 0 Å². The van der Waals surface area contributed by atoms with Gasteiger partial charge in [-0.25, -0.2) is 0 Å². The van der Waals surface area contributed by atoms with E-state index in [-0.39, 0.29) is 0 Å². The van der Waals surface area contributed by atoms with Gasteiger partial charge >= 0.3 is 0 Å². The van der Waals surface area contributed by atoms with Gasteiger partial charge in [0, 0.05) is 53.9 Å². The molecular weight excluding hydrogens is 372 g/mol. The van der Waals surface area contributed by atoms with Gasteiger partial charge < -0.3 is 24.5 Å². The molecule has 1 fully saturated rings. The van der Waals surface area contributed by atoms with Crippen LogP contribution in [0.1, 0.15) is 39.5 Å². The zero-order valence-corrected chi connectivity index (χ0v) is 19.9. The number of fused-ring (bicyclic) bond motifs is 10. The van der Waals surface area contributed by atoms with Gasteiger partial charge in [-0.1, -0.05) is 26.7 Å². The number of hydrogen-bond acceptors (Lipinski definition) is 5. The van der Waals surface area contributed by atoms with Crippen molar-refractivity contribution < 1.29 is 0 Å². The molecule has 1 atom stereocenters. The van der Waals surface area contributed by atoms with E-state index in [1.165, 1.54) is 85.8 Å². The van der Waals surface area contributed by atoms with Crippen molar-refractivity contribution >= 4 is 34.1 Å². The fourth-order valence-electron chi connectivity index (χ4n) is 6.47. The maximum Gasteiger partial charge on any atom is 0.186 e. The number of unbranched alkanes of at least 4 members (excludes halogenated alkanes) is 2. The van der Waals surface area contributed by atoms with Crippen molar-refractivity contribution in [1.29, 1.82) is 0 Å². The summed E-state index contributed by atoms with van der Waals surface area (Å²) in [7, 11) is 6.98. The van der Waals surface area contributed by atoms with Crippen molar-refractivity contribution in [2.75, 3.05) is 105 Å². The van der Waals surface area contributed by atoms with Gasteiger partial charge in [-0.05, 0) is 12.8 Å². The Balaban J connectivity index is 1.76. The Labute approximate surface area is 183 Å². The molecule has 1 aromatic rings. The Morgan fingerprint density at radius 1 is 0.700 bits per heavy atom. The molecule has 1 unspecified atom stereocenters. The van der Waals surface area contributed by atoms with Gasteiger partial charge in [0.05, 0.1) is 30.2 Å². The second-order valence-electron chi connectivity index (χ2n) is 10.0. The van der Waals surface area contributed by atoms with E-state index in [1.54, 1.807) is 11.4 Å². The summed E-state index contributed by atoms with van der Waals surface area (Å²) < 4.78 is 1.17. The highest BCUT2D eigenvalue weighted by molar-refractivity contribution is 6.11. The van der Waals surface area contributed by atoms with E-state index in [0.29, 0.717) is 0 Å². The average molecular weight is 414 g/mol. The minimum absolute atomic E-state index is 1.11. The predicted octanol–water partition coefficient (Wildman–Crippen LogP) is 3.53. The third-order valence-corrected chi connectivity index (χ3v) is 8.00. The topological polar surface area (TPSA) is 16.2 Å². The van der Waals surface area contributed by atoms with E-state index in [1.807, 2.05) is 0 Å². The van der Waals surface area contributed by atoms with Crippen LogP contribution in [-0.4, -0.2) is 80.2 Å². The van der Waals surface area contributed by atoms with Crippen LogP contribution in [0.25, 0.3) is 0 Å². The van der Waals surface area contributed by atoms with Crippen LogP contribution in [-0.2, 0) is 0 Å². The first kappa shape index (κ1) is 20.1. The van der Waals surface area contributed by atoms with E-state index in [4.69, 9.17) is 0 Å². The van der Waals surface area contributed by atoms with Gasteiger partial charge in [-0.15, -0.1) is 0 Å². The Kier molecular flexibility index (Phi) is 4.96. The van der Waals surface area contributed by atoms with Gasteiger partial charge in [0.25, 0.3) is 0 Å². The molecule has 6 heteroatoms. The summed E-state index contributed by atoms with van der Waals surface area (Å²) in [4.78, 5) is 13.2. The molecule has 0 aromatic heterocycles. The van der Waals surface area contributed by atoms with Gasteiger partial charge in [0.1, 0.15) is 17.9 Å². The van der Waals surface area contributed by atoms with Crippen LogP contribution in [0.4, 0.5) is 34.1 Å². The standard InChI is InChI=1S/C24H41N6/c1-6-8-9-10-28-14-13-26(4)20-21(28)19-22(27(5)12-11-25(19)3)24-23(20)29-15-17-30(24,18-29)16-7-2/h6-18H2,1-5H3/q+1. The van der Waals surface area contributed by atoms with Crippen molar-refractivity contribution in [3.05, 3.63) is 0 Å². The molecule has 166 valence electrons. The summed E-state index contributed by atoms with van der Waals surface area (Å²) in [6.07, 6.45) is 5.16. The Bertz CT molecular complexity index is 823. The molecule has 1 saturated heterocycles. The summed E-state index contributed by atoms with van der Waals surface area (Å²) in [6.45, 7) is 15.3. The van der Waals surface area contributed by atoms with Gasteiger partial charge in [-0.3, -0.25) is 4.48 Å². The third kappa shape index (κ3) is 2.72. The summed E-state index contributed by atoms with van der Waals surface area (Å²) in [5, 5.41) is 0. The molecule has 30 heavy (non-hydrogen) atoms. The minimum atomic E-state index is 1.11. The monoisotopic (exact) mass is 413 g/mol. The number of anilines is 5. The third-order valence-electron chi connectivity index (χ3n) is 8.00. The fraction of sp³-hybridized carbons (Fsp3) is 0.750. The van der Waals surface area contributed by atoms with Crippen molar-refractivity contribution in [3.63, 3.8) is 0 Å². The van der Waals surface area contributed by atoms with Gasteiger partial charge in [0.15, 0.2) is 12.4 Å². The normalized spacial score (nSPS) is 24.5. The zero-order valence-electron chi connectivity index (χ0n) is 19.9. The van der Waals surface area contributed by atoms with E-state index in [0.717, 1.165) is 26.2 Å². The molecule has 0 spiro atoms. The fourth-order valence-corrected chi connectivity index (χ4v) is 6.47. The second kappa shape index (κ2) is 7.40. The minimum Gasteiger partial charge on any atom is -0.369 e. The van der Waals surface area contributed by atoms with Crippen molar-refractivity contribution in [2.45, 2.75) is 39.5 Å². The number of likely N-dealkylation sites (N-methyl/N-ethyl adjacent to an activating group) is 3. The first-order valence-electron chi connectivity index (χ1n) is 12.3. The number of hydrogen-bond donors (Lipinski definition) is 0. The van der Waals surface area contributed by atoms with E-state index in [9.17, 15) is 0 Å². The first-order valence-corrected chi connectivity index (χ1v) is 12.3. The van der Waals surface area contributed by atoms with E-state index in [2.05, 4.69) is 59.5 Å². The lowest BCUT2D eigenvalue weighted by Gasteiger charge is -2.47. The van der Waals surface area contributed by atoms with E-state index < -0.39 is 0 Å². The quantitative estimate of drug-likeness (QED) is 0.522. The molecule has 4 aliphatic rings. The van der Waals surface area contributed by atoms with Crippen LogP contribution in [0.3, 0.4) is 0 Å². The number of quaternary nitrogens is 1. The molecule has 0 aliphatic carbocycles. The molecule has 4 heterocycles. The molecule has 0 saturated carbocycles. The number of benzene rings is 1. The lowest BCUT2D eigenvalue weighted by Crippen LogP contribution is -2.49. The highest BCUT2D eigenvalue weighted by atomic mass is 15.6. The average Bonchev–Trinajstić information content (AvgIpc) is 3.29. The lowest BCUT2D eigenvalue weighted by atomic mass is 9.98. The summed E-state index contributed by atoms with van der Waals surface area (Å²) in [5.41, 5.74) is 9.27. The van der Waals surface area contributed by atoms with E-state index >= 15 is 0 Å². The van der Waals surface area contributed by atoms with Crippen LogP contribution < -0.4 is 29.0 Å². The summed E-state index contributed by atoms with van der Waals surface area (Å²) in [5.74, 6) is 0. The molecule has 5 rings (SSSR count). The van der Waals surface area contributed by atoms with Crippen LogP contribution in [0.2, 0.25) is 0 Å². The lowest BCUT2D eigenvalue weighted by molar-refractivity contribution is 0.348. The number of nitrogens with zero attached hydrogens (tertiary/aromatic N) is 6. The number of rotatable bonds is 6. The van der Waals surface area contributed by atoms with Crippen molar-refractivity contribution in [3.8, 4) is 0 Å². The predicted molar refractivity (Wildman–Crippen MR) is 132 cm³/mol. The van der Waals surface area contributed by atoms with Gasteiger partial charge in [0.2, 0.25) is 0 Å². The Morgan fingerprint density at radius 2 is 1.37 bits per heavy atom. The molecule has 0 radical (unpaired) electrons. The molecule has 0 amide bonds. The molecule has 2 bridgehead atoms. The highest BCUT2D eigenvalue weighted by Crippen LogP contribution is 2.64. The molecule has 1 aromatic carbocycles. The van der Waals surface area contributed by atoms with Crippen LogP contribution in [0.5, 0.6) is 0 Å². The maximum absolute atomic E-state index is 2.73. The van der Waals surface area contributed by atoms with Gasteiger partial charge in [-0.2, -0.15) is 0 Å². The van der Waals surface area contributed by atoms with Crippen LogP contribution in [0, 0.1) is 0 Å². The largest absolute Gasteiger partial charge is 0.369 e. The second-order valence-corrected chi connectivity index (χ2v) is 10.0. The summed E-state index contributed by atoms with van der Waals surface area (Å²) in [6, 6.07) is 0. The van der Waals surface area contributed by atoms with Crippen molar-refractivity contribution in [1.82, 2.24) is 4.48 Å². The summed E-state index contributed by atoms with van der Waals surface area (Å²) >= 11 is 0. The Hall–Kier alpha value is -1.82. The van der Waals surface area contributed by atoms with Crippen molar-refractivity contribution in [2.24, 2.45) is 0 Å². The SMILES string of the molecule is CCCCCN1CCN(C)c2c1c1c(c3c2N2CC[N+]3(CCC)C2)N(C)CCN1C. The molecule has 4 aliphatic heterocycles. The molecule has 0 N–H and O–H groups in total. The molecular formula is C24H41N6+. The highest BCUT2D eigenvalue weighted by Gasteiger charge is 2.54. The van der Waals surface area contributed by atoms with Crippen LogP contribution >= 0.6 is 0 Å². The molecule has 6 nitrogen and oxygen atoms in total. The Morgan fingerprint density at radius 3 is 2.07 bits per heavy atom. The first-order chi connectivity index (χ1) is 14.5. The smallest absolute Gasteiger partial charge is 0.186 e. The maximum atomic E-state index is 2.73.